The molecule has 0 aliphatic carbocycles. The Morgan fingerprint density at radius 2 is 1.69 bits per heavy atom. The predicted octanol–water partition coefficient (Wildman–Crippen LogP) is 3.12. The van der Waals surface area contributed by atoms with Gasteiger partial charge in [0.1, 0.15) is 11.2 Å². The van der Waals surface area contributed by atoms with E-state index in [2.05, 4.69) is 10.6 Å². The first-order valence-corrected chi connectivity index (χ1v) is 10.7. The van der Waals surface area contributed by atoms with E-state index in [0.717, 1.165) is 10.1 Å². The highest BCUT2D eigenvalue weighted by Crippen LogP contribution is 2.18. The molecule has 8 nitrogen and oxygen atoms in total. The van der Waals surface area contributed by atoms with Gasteiger partial charge in [-0.15, -0.1) is 11.3 Å². The van der Waals surface area contributed by atoms with Crippen LogP contribution in [-0.4, -0.2) is 20.9 Å². The van der Waals surface area contributed by atoms with Crippen LogP contribution < -0.4 is 21.9 Å². The highest BCUT2D eigenvalue weighted by Gasteiger charge is 2.18. The highest BCUT2D eigenvalue weighted by atomic mass is 32.1. The third kappa shape index (κ3) is 4.10. The Balaban J connectivity index is 1.72. The number of aryl methyl sites for hydroxylation is 1. The molecule has 2 aromatic carbocycles. The molecule has 0 fully saturated rings. The van der Waals surface area contributed by atoms with Crippen molar-refractivity contribution in [1.82, 2.24) is 9.13 Å². The lowest BCUT2D eigenvalue weighted by molar-refractivity contribution is -0.117. The smallest absolute Gasteiger partial charge is 0.326 e. The van der Waals surface area contributed by atoms with Crippen LogP contribution in [0.2, 0.25) is 0 Å². The van der Waals surface area contributed by atoms with Gasteiger partial charge in [-0.2, -0.15) is 0 Å². The second-order valence-electron chi connectivity index (χ2n) is 7.24. The van der Waals surface area contributed by atoms with Crippen LogP contribution in [0.15, 0.2) is 69.6 Å². The minimum Gasteiger partial charge on any atom is -0.326 e. The summed E-state index contributed by atoms with van der Waals surface area (Å²) in [7, 11) is 0. The van der Waals surface area contributed by atoms with Gasteiger partial charge >= 0.3 is 5.69 Å². The van der Waals surface area contributed by atoms with Crippen molar-refractivity contribution in [1.29, 1.82) is 0 Å². The topological polar surface area (TPSA) is 102 Å². The SMILES string of the molecule is CC(=O)Nc1cccc(NC(=O)Cn2c(=O)n(-c3ccccc3C)c(=O)c3sccc32)c1. The van der Waals surface area contributed by atoms with Gasteiger partial charge in [0, 0.05) is 18.3 Å². The lowest BCUT2D eigenvalue weighted by atomic mass is 10.2. The molecule has 0 radical (unpaired) electrons. The summed E-state index contributed by atoms with van der Waals surface area (Å²) in [6, 6.07) is 15.5. The van der Waals surface area contributed by atoms with Crippen molar-refractivity contribution in [2.24, 2.45) is 0 Å². The highest BCUT2D eigenvalue weighted by molar-refractivity contribution is 7.17. The summed E-state index contributed by atoms with van der Waals surface area (Å²) in [6.45, 7) is 2.94. The van der Waals surface area contributed by atoms with Gasteiger partial charge in [-0.3, -0.25) is 19.0 Å². The number of amides is 2. The van der Waals surface area contributed by atoms with Crippen LogP contribution in [-0.2, 0) is 16.1 Å². The van der Waals surface area contributed by atoms with Gasteiger partial charge in [0.05, 0.1) is 11.2 Å². The summed E-state index contributed by atoms with van der Waals surface area (Å²) >= 11 is 1.23. The van der Waals surface area contributed by atoms with Crippen molar-refractivity contribution in [2.75, 3.05) is 10.6 Å². The number of anilines is 2. The van der Waals surface area contributed by atoms with Crippen molar-refractivity contribution < 1.29 is 9.59 Å². The molecule has 2 N–H and O–H groups in total. The number of hydrogen-bond acceptors (Lipinski definition) is 5. The van der Waals surface area contributed by atoms with Gasteiger partial charge < -0.3 is 10.6 Å². The number of aromatic nitrogens is 2. The molecule has 4 rings (SSSR count). The first-order valence-electron chi connectivity index (χ1n) is 9.81. The average Bonchev–Trinajstić information content (AvgIpc) is 3.22. The zero-order valence-electron chi connectivity index (χ0n) is 17.4. The zero-order chi connectivity index (χ0) is 22.8. The third-order valence-corrected chi connectivity index (χ3v) is 5.77. The number of thiophene rings is 1. The molecular weight excluding hydrogens is 428 g/mol. The van der Waals surface area contributed by atoms with Crippen molar-refractivity contribution in [2.45, 2.75) is 20.4 Å². The summed E-state index contributed by atoms with van der Waals surface area (Å²) in [6.07, 6.45) is 0. The molecule has 0 saturated carbocycles. The van der Waals surface area contributed by atoms with E-state index < -0.39 is 17.2 Å². The first-order chi connectivity index (χ1) is 15.3. The van der Waals surface area contributed by atoms with Crippen LogP contribution in [0.25, 0.3) is 15.9 Å². The quantitative estimate of drug-likeness (QED) is 0.490. The van der Waals surface area contributed by atoms with E-state index in [1.165, 1.54) is 22.8 Å². The summed E-state index contributed by atoms with van der Waals surface area (Å²) in [5, 5.41) is 7.11. The van der Waals surface area contributed by atoms with Crippen LogP contribution in [0.4, 0.5) is 11.4 Å². The number of para-hydroxylation sites is 1. The Morgan fingerprint density at radius 1 is 0.969 bits per heavy atom. The minimum atomic E-state index is -0.586. The number of nitrogens with one attached hydrogen (secondary N) is 2. The van der Waals surface area contributed by atoms with E-state index in [-0.39, 0.29) is 12.5 Å². The van der Waals surface area contributed by atoms with Crippen LogP contribution in [0.3, 0.4) is 0 Å². The lowest BCUT2D eigenvalue weighted by Crippen LogP contribution is -2.40. The monoisotopic (exact) mass is 448 g/mol. The lowest BCUT2D eigenvalue weighted by Gasteiger charge is -2.14. The van der Waals surface area contributed by atoms with Gasteiger partial charge in [-0.05, 0) is 48.2 Å². The molecule has 2 aromatic heterocycles. The van der Waals surface area contributed by atoms with Crippen molar-refractivity contribution in [3.05, 3.63) is 86.4 Å². The number of nitrogens with zero attached hydrogens (tertiary/aromatic N) is 2. The number of carbonyl (C=O) groups is 2. The molecule has 2 amide bonds. The molecule has 0 aliphatic heterocycles. The van der Waals surface area contributed by atoms with Gasteiger partial charge in [0.2, 0.25) is 11.8 Å². The van der Waals surface area contributed by atoms with Crippen molar-refractivity contribution in [3.63, 3.8) is 0 Å². The number of fused-ring (bicyclic) bond motifs is 1. The molecular formula is C23H20N4O4S. The second kappa shape index (κ2) is 8.64. The fourth-order valence-electron chi connectivity index (χ4n) is 3.49. The number of hydrogen-bond donors (Lipinski definition) is 2. The summed E-state index contributed by atoms with van der Waals surface area (Å²) in [5.74, 6) is -0.659. The molecule has 0 aliphatic rings. The summed E-state index contributed by atoms with van der Waals surface area (Å²) in [5.41, 5.74) is 1.69. The fourth-order valence-corrected chi connectivity index (χ4v) is 4.31. The minimum absolute atomic E-state index is 0.224. The van der Waals surface area contributed by atoms with E-state index in [1.807, 2.05) is 19.1 Å². The van der Waals surface area contributed by atoms with Gasteiger partial charge in [-0.1, -0.05) is 24.3 Å². The fraction of sp³-hybridized carbons (Fsp3) is 0.130. The molecule has 9 heteroatoms. The number of carbonyl (C=O) groups excluding carboxylic acids is 2. The Labute approximate surface area is 186 Å². The number of benzene rings is 2. The molecule has 162 valence electrons. The van der Waals surface area contributed by atoms with Crippen LogP contribution in [0.1, 0.15) is 12.5 Å². The second-order valence-corrected chi connectivity index (χ2v) is 8.16. The molecule has 4 aromatic rings. The van der Waals surface area contributed by atoms with Crippen molar-refractivity contribution in [3.8, 4) is 5.69 Å². The Hall–Kier alpha value is -3.98. The molecule has 0 atom stereocenters. The summed E-state index contributed by atoms with van der Waals surface area (Å²) < 4.78 is 2.80. The Kier molecular flexibility index (Phi) is 5.74. The van der Waals surface area contributed by atoms with E-state index in [0.29, 0.717) is 27.3 Å². The van der Waals surface area contributed by atoms with E-state index in [9.17, 15) is 19.2 Å². The first kappa shape index (κ1) is 21.3. The van der Waals surface area contributed by atoms with Gasteiger partial charge in [-0.25, -0.2) is 9.36 Å². The maximum Gasteiger partial charge on any atom is 0.336 e. The zero-order valence-corrected chi connectivity index (χ0v) is 18.2. The van der Waals surface area contributed by atoms with Crippen LogP contribution in [0.5, 0.6) is 0 Å². The Morgan fingerprint density at radius 3 is 2.41 bits per heavy atom. The average molecular weight is 449 g/mol. The molecule has 0 bridgehead atoms. The molecule has 0 unspecified atom stereocenters. The van der Waals surface area contributed by atoms with E-state index >= 15 is 0 Å². The Bertz CT molecular complexity index is 1460. The molecule has 2 heterocycles. The van der Waals surface area contributed by atoms with Gasteiger partial charge in [0.15, 0.2) is 0 Å². The van der Waals surface area contributed by atoms with Crippen LogP contribution >= 0.6 is 11.3 Å². The maximum atomic E-state index is 13.3. The summed E-state index contributed by atoms with van der Waals surface area (Å²) in [4.78, 5) is 50.4. The standard InChI is InChI=1S/C23H20N4O4S/c1-14-6-3-4-9-18(14)27-22(30)21-19(10-11-32-21)26(23(27)31)13-20(29)25-17-8-5-7-16(12-17)24-15(2)28/h3-12H,13H2,1-2H3,(H,24,28)(H,25,29). The molecule has 0 spiro atoms. The maximum absolute atomic E-state index is 13.3. The van der Waals surface area contributed by atoms with E-state index in [4.69, 9.17) is 0 Å². The van der Waals surface area contributed by atoms with Gasteiger partial charge in [0.25, 0.3) is 5.56 Å². The third-order valence-electron chi connectivity index (χ3n) is 4.88. The van der Waals surface area contributed by atoms with Crippen LogP contribution in [0, 0.1) is 6.92 Å². The normalized spacial score (nSPS) is 10.8. The number of rotatable bonds is 5. The van der Waals surface area contributed by atoms with E-state index in [1.54, 1.807) is 47.8 Å². The molecule has 0 saturated heterocycles. The largest absolute Gasteiger partial charge is 0.336 e. The molecule has 32 heavy (non-hydrogen) atoms. The predicted molar refractivity (Wildman–Crippen MR) is 126 cm³/mol. The van der Waals surface area contributed by atoms with Crippen molar-refractivity contribution >= 4 is 44.7 Å².